The van der Waals surface area contributed by atoms with Crippen molar-refractivity contribution in [1.82, 2.24) is 4.90 Å². The molecule has 1 aliphatic rings. The molecule has 1 rings (SSSR count). The fraction of sp³-hybridized carbons (Fsp3) is 0.833. The standard InChI is InChI=1S/C6H10F2N2O/c1-4(9)5(11)10-2-6(7,8)3-10/h4H,2-3,9H2,1H3. The first-order chi connectivity index (χ1) is 4.92. The van der Waals surface area contributed by atoms with E-state index in [-0.39, 0.29) is 0 Å². The van der Waals surface area contributed by atoms with Crippen LogP contribution in [0.25, 0.3) is 0 Å². The van der Waals surface area contributed by atoms with Crippen molar-refractivity contribution >= 4 is 5.91 Å². The van der Waals surface area contributed by atoms with E-state index in [1.807, 2.05) is 0 Å². The van der Waals surface area contributed by atoms with Gasteiger partial charge in [0.15, 0.2) is 0 Å². The minimum atomic E-state index is -2.69. The van der Waals surface area contributed by atoms with E-state index in [0.717, 1.165) is 4.90 Å². The number of nitrogens with two attached hydrogens (primary N) is 1. The summed E-state index contributed by atoms with van der Waals surface area (Å²) in [6.45, 7) is 0.527. The first kappa shape index (κ1) is 8.39. The highest BCUT2D eigenvalue weighted by molar-refractivity contribution is 5.82. The number of hydrogen-bond donors (Lipinski definition) is 1. The summed E-state index contributed by atoms with van der Waals surface area (Å²) in [6, 6.07) is -0.675. The SMILES string of the molecule is CC(N)C(=O)N1CC(F)(F)C1. The predicted octanol–water partition coefficient (Wildman–Crippen LogP) is -0.189. The van der Waals surface area contributed by atoms with E-state index in [4.69, 9.17) is 5.73 Å². The Morgan fingerprint density at radius 1 is 1.64 bits per heavy atom. The third-order valence-electron chi connectivity index (χ3n) is 1.55. The molecular weight excluding hydrogens is 154 g/mol. The third-order valence-corrected chi connectivity index (χ3v) is 1.55. The van der Waals surface area contributed by atoms with Crippen molar-refractivity contribution in [3.8, 4) is 0 Å². The number of halogens is 2. The molecule has 1 aliphatic heterocycles. The van der Waals surface area contributed by atoms with E-state index >= 15 is 0 Å². The molecule has 0 aromatic heterocycles. The molecule has 3 nitrogen and oxygen atoms in total. The lowest BCUT2D eigenvalue weighted by Crippen LogP contribution is -2.61. The molecule has 0 aliphatic carbocycles. The molecule has 0 saturated carbocycles. The van der Waals surface area contributed by atoms with Crippen LogP contribution in [-0.2, 0) is 4.79 Å². The highest BCUT2D eigenvalue weighted by atomic mass is 19.3. The predicted molar refractivity (Wildman–Crippen MR) is 35.2 cm³/mol. The molecular formula is C6H10F2N2O. The van der Waals surface area contributed by atoms with Gasteiger partial charge in [0.2, 0.25) is 5.91 Å². The lowest BCUT2D eigenvalue weighted by Gasteiger charge is -2.39. The molecule has 2 N–H and O–H groups in total. The highest BCUT2D eigenvalue weighted by Gasteiger charge is 2.46. The first-order valence-corrected chi connectivity index (χ1v) is 3.34. The van der Waals surface area contributed by atoms with Crippen LogP contribution in [0.3, 0.4) is 0 Å². The minimum absolute atomic E-state index is 0.407. The van der Waals surface area contributed by atoms with E-state index in [1.54, 1.807) is 0 Å². The zero-order valence-corrected chi connectivity index (χ0v) is 6.18. The van der Waals surface area contributed by atoms with E-state index in [1.165, 1.54) is 6.92 Å². The van der Waals surface area contributed by atoms with Gasteiger partial charge in [-0.15, -0.1) is 0 Å². The van der Waals surface area contributed by atoms with Crippen LogP contribution in [-0.4, -0.2) is 35.9 Å². The molecule has 11 heavy (non-hydrogen) atoms. The fourth-order valence-electron chi connectivity index (χ4n) is 0.956. The molecule has 1 heterocycles. The van der Waals surface area contributed by atoms with Crippen LogP contribution in [0.1, 0.15) is 6.92 Å². The largest absolute Gasteiger partial charge is 0.329 e. The van der Waals surface area contributed by atoms with Crippen LogP contribution in [0.2, 0.25) is 0 Å². The Labute approximate surface area is 63.2 Å². The van der Waals surface area contributed by atoms with Crippen molar-refractivity contribution in [3.63, 3.8) is 0 Å². The second-order valence-corrected chi connectivity index (χ2v) is 2.84. The van der Waals surface area contributed by atoms with Gasteiger partial charge in [-0.05, 0) is 6.92 Å². The molecule has 0 spiro atoms. The van der Waals surface area contributed by atoms with E-state index in [2.05, 4.69) is 0 Å². The Morgan fingerprint density at radius 3 is 2.36 bits per heavy atom. The van der Waals surface area contributed by atoms with Crippen molar-refractivity contribution in [2.45, 2.75) is 18.9 Å². The number of carbonyl (C=O) groups excluding carboxylic acids is 1. The third kappa shape index (κ3) is 1.65. The number of hydrogen-bond acceptors (Lipinski definition) is 2. The molecule has 1 unspecified atom stereocenters. The summed E-state index contributed by atoms with van der Waals surface area (Å²) in [5, 5.41) is 0. The Morgan fingerprint density at radius 2 is 2.09 bits per heavy atom. The lowest BCUT2D eigenvalue weighted by atomic mass is 10.1. The minimum Gasteiger partial charge on any atom is -0.329 e. The van der Waals surface area contributed by atoms with Gasteiger partial charge in [0.25, 0.3) is 5.92 Å². The topological polar surface area (TPSA) is 46.3 Å². The molecule has 1 amide bonds. The van der Waals surface area contributed by atoms with E-state index in [0.29, 0.717) is 0 Å². The van der Waals surface area contributed by atoms with Gasteiger partial charge in [0, 0.05) is 0 Å². The van der Waals surface area contributed by atoms with Gasteiger partial charge in [0.05, 0.1) is 19.1 Å². The van der Waals surface area contributed by atoms with Crippen LogP contribution in [0.5, 0.6) is 0 Å². The maximum absolute atomic E-state index is 12.2. The smallest absolute Gasteiger partial charge is 0.282 e. The summed E-state index contributed by atoms with van der Waals surface area (Å²) < 4.78 is 24.4. The Balaban J connectivity index is 2.38. The number of carbonyl (C=O) groups is 1. The number of likely N-dealkylation sites (tertiary alicyclic amines) is 1. The Kier molecular flexibility index (Phi) is 1.83. The van der Waals surface area contributed by atoms with Crippen LogP contribution < -0.4 is 5.73 Å². The highest BCUT2D eigenvalue weighted by Crippen LogP contribution is 2.26. The Hall–Kier alpha value is -0.710. The second kappa shape index (κ2) is 2.41. The van der Waals surface area contributed by atoms with Gasteiger partial charge in [0.1, 0.15) is 0 Å². The average molecular weight is 164 g/mol. The summed E-state index contributed by atoms with van der Waals surface area (Å²) in [5.41, 5.74) is 5.20. The van der Waals surface area contributed by atoms with Gasteiger partial charge in [-0.1, -0.05) is 0 Å². The van der Waals surface area contributed by atoms with Crippen molar-refractivity contribution < 1.29 is 13.6 Å². The zero-order chi connectivity index (χ0) is 8.65. The summed E-state index contributed by atoms with van der Waals surface area (Å²) in [5.74, 6) is -3.10. The van der Waals surface area contributed by atoms with E-state index < -0.39 is 31.0 Å². The number of nitrogens with zero attached hydrogens (tertiary/aromatic N) is 1. The Bertz CT molecular complexity index is 173. The van der Waals surface area contributed by atoms with Gasteiger partial charge in [-0.3, -0.25) is 4.79 Å². The summed E-state index contributed by atoms with van der Waals surface area (Å²) in [7, 11) is 0. The molecule has 0 aromatic carbocycles. The normalized spacial score (nSPS) is 24.2. The van der Waals surface area contributed by atoms with Gasteiger partial charge >= 0.3 is 0 Å². The quantitative estimate of drug-likeness (QED) is 0.584. The molecule has 1 fully saturated rings. The second-order valence-electron chi connectivity index (χ2n) is 2.84. The van der Waals surface area contributed by atoms with Gasteiger partial charge in [-0.2, -0.15) is 0 Å². The van der Waals surface area contributed by atoms with Crippen molar-refractivity contribution in [2.24, 2.45) is 5.73 Å². The summed E-state index contributed by atoms with van der Waals surface area (Å²) >= 11 is 0. The molecule has 0 bridgehead atoms. The van der Waals surface area contributed by atoms with Crippen LogP contribution in [0.15, 0.2) is 0 Å². The molecule has 5 heteroatoms. The molecule has 1 atom stereocenters. The van der Waals surface area contributed by atoms with Gasteiger partial charge < -0.3 is 10.6 Å². The van der Waals surface area contributed by atoms with Crippen LogP contribution >= 0.6 is 0 Å². The lowest BCUT2D eigenvalue weighted by molar-refractivity contribution is -0.166. The van der Waals surface area contributed by atoms with Crippen LogP contribution in [0.4, 0.5) is 8.78 Å². The average Bonchev–Trinajstić information content (AvgIpc) is 1.80. The first-order valence-electron chi connectivity index (χ1n) is 3.34. The van der Waals surface area contributed by atoms with Crippen molar-refractivity contribution in [2.75, 3.05) is 13.1 Å². The maximum Gasteiger partial charge on any atom is 0.282 e. The number of rotatable bonds is 1. The van der Waals surface area contributed by atoms with Crippen molar-refractivity contribution in [3.05, 3.63) is 0 Å². The van der Waals surface area contributed by atoms with E-state index in [9.17, 15) is 13.6 Å². The fourth-order valence-corrected chi connectivity index (χ4v) is 0.956. The summed E-state index contributed by atoms with van der Waals surface area (Å²) in [6.07, 6.45) is 0. The summed E-state index contributed by atoms with van der Waals surface area (Å²) in [4.78, 5) is 11.9. The maximum atomic E-state index is 12.2. The van der Waals surface area contributed by atoms with Gasteiger partial charge in [-0.25, -0.2) is 8.78 Å². The van der Waals surface area contributed by atoms with Crippen molar-refractivity contribution in [1.29, 1.82) is 0 Å². The molecule has 64 valence electrons. The monoisotopic (exact) mass is 164 g/mol. The number of alkyl halides is 2. The molecule has 1 saturated heterocycles. The zero-order valence-electron chi connectivity index (χ0n) is 6.18. The molecule has 0 radical (unpaired) electrons. The number of amides is 1. The van der Waals surface area contributed by atoms with Crippen LogP contribution in [0, 0.1) is 0 Å². The molecule has 0 aromatic rings.